The Bertz CT molecular complexity index is 1220. The van der Waals surface area contributed by atoms with E-state index in [4.69, 9.17) is 9.47 Å². The molecule has 0 radical (unpaired) electrons. The maximum atomic E-state index is 13.2. The number of anilines is 1. The van der Waals surface area contributed by atoms with Gasteiger partial charge in [0, 0.05) is 18.8 Å². The van der Waals surface area contributed by atoms with Crippen molar-refractivity contribution in [2.45, 2.75) is 30.6 Å². The van der Waals surface area contributed by atoms with Gasteiger partial charge in [-0.3, -0.25) is 9.52 Å². The summed E-state index contributed by atoms with van der Waals surface area (Å²) in [6.45, 7) is 1.32. The number of hydrogen-bond donors (Lipinski definition) is 1. The molecule has 1 aliphatic heterocycles. The van der Waals surface area contributed by atoms with Gasteiger partial charge in [-0.25, -0.2) is 8.42 Å². The van der Waals surface area contributed by atoms with Crippen molar-refractivity contribution in [1.82, 2.24) is 4.90 Å². The van der Waals surface area contributed by atoms with Crippen molar-refractivity contribution >= 4 is 21.6 Å². The van der Waals surface area contributed by atoms with Crippen LogP contribution in [-0.2, 0) is 10.0 Å². The summed E-state index contributed by atoms with van der Waals surface area (Å²) in [6, 6.07) is 20.3. The van der Waals surface area contributed by atoms with E-state index in [0.717, 1.165) is 25.7 Å². The molecule has 1 fully saturated rings. The largest absolute Gasteiger partial charge is 0.496 e. The highest BCUT2D eigenvalue weighted by Crippen LogP contribution is 2.28. The molecule has 3 aromatic carbocycles. The summed E-state index contributed by atoms with van der Waals surface area (Å²) in [5.74, 6) is 1.42. The number of nitrogens with one attached hydrogen (secondary N) is 1. The number of methoxy groups -OCH3 is 1. The van der Waals surface area contributed by atoms with Crippen LogP contribution in [0.2, 0.25) is 0 Å². The minimum Gasteiger partial charge on any atom is -0.496 e. The van der Waals surface area contributed by atoms with Crippen LogP contribution < -0.4 is 14.2 Å². The molecule has 0 atom stereocenters. The minimum atomic E-state index is -3.92. The van der Waals surface area contributed by atoms with Gasteiger partial charge in [0.1, 0.15) is 17.2 Å². The van der Waals surface area contributed by atoms with E-state index in [1.54, 1.807) is 29.2 Å². The van der Waals surface area contributed by atoms with E-state index < -0.39 is 10.0 Å². The lowest BCUT2D eigenvalue weighted by molar-refractivity contribution is 0.0758. The van der Waals surface area contributed by atoms with Crippen molar-refractivity contribution in [2.75, 3.05) is 24.9 Å². The van der Waals surface area contributed by atoms with E-state index in [-0.39, 0.29) is 16.4 Å². The highest BCUT2D eigenvalue weighted by atomic mass is 32.2. The highest BCUT2D eigenvalue weighted by molar-refractivity contribution is 7.92. The molecule has 4 rings (SSSR count). The average Bonchev–Trinajstić information content (AvgIpc) is 3.14. The fraction of sp³-hybridized carbons (Fsp3) is 0.269. The first-order chi connectivity index (χ1) is 16.5. The third kappa shape index (κ3) is 5.69. The number of likely N-dealkylation sites (tertiary alicyclic amines) is 1. The van der Waals surface area contributed by atoms with E-state index in [2.05, 4.69) is 4.72 Å². The summed E-state index contributed by atoms with van der Waals surface area (Å²) >= 11 is 0. The number of carbonyl (C=O) groups excluding carboxylic acids is 1. The Hall–Kier alpha value is -3.52. The lowest BCUT2D eigenvalue weighted by Crippen LogP contribution is -2.32. The number of hydrogen-bond acceptors (Lipinski definition) is 5. The van der Waals surface area contributed by atoms with Crippen LogP contribution in [0.4, 0.5) is 5.69 Å². The van der Waals surface area contributed by atoms with Gasteiger partial charge in [-0.05, 0) is 67.4 Å². The van der Waals surface area contributed by atoms with Crippen LogP contribution in [0.3, 0.4) is 0 Å². The average molecular weight is 481 g/mol. The Balaban J connectivity index is 1.52. The summed E-state index contributed by atoms with van der Waals surface area (Å²) in [5, 5.41) is 0. The van der Waals surface area contributed by atoms with Crippen molar-refractivity contribution in [3.63, 3.8) is 0 Å². The monoisotopic (exact) mass is 480 g/mol. The number of para-hydroxylation sites is 1. The second kappa shape index (κ2) is 10.6. The first-order valence-electron chi connectivity index (χ1n) is 11.3. The number of sulfonamides is 1. The van der Waals surface area contributed by atoms with Crippen LogP contribution in [0.15, 0.2) is 77.7 Å². The Morgan fingerprint density at radius 2 is 1.50 bits per heavy atom. The molecule has 1 N–H and O–H groups in total. The van der Waals surface area contributed by atoms with Gasteiger partial charge in [-0.2, -0.15) is 0 Å². The molecule has 1 heterocycles. The Morgan fingerprint density at radius 3 is 2.15 bits per heavy atom. The number of carbonyl (C=O) groups is 1. The molecule has 0 spiro atoms. The highest BCUT2D eigenvalue weighted by Gasteiger charge is 2.24. The molecule has 0 unspecified atom stereocenters. The van der Waals surface area contributed by atoms with Crippen LogP contribution in [0.1, 0.15) is 36.0 Å². The third-order valence-electron chi connectivity index (χ3n) is 5.69. The van der Waals surface area contributed by atoms with Gasteiger partial charge >= 0.3 is 0 Å². The molecule has 0 bridgehead atoms. The number of ether oxygens (including phenoxy) is 2. The fourth-order valence-corrected chi connectivity index (χ4v) is 4.98. The lowest BCUT2D eigenvalue weighted by atomic mass is 10.1. The van der Waals surface area contributed by atoms with Gasteiger partial charge in [0.15, 0.2) is 0 Å². The molecule has 0 saturated carbocycles. The first-order valence-corrected chi connectivity index (χ1v) is 12.8. The molecule has 34 heavy (non-hydrogen) atoms. The molecule has 0 aromatic heterocycles. The zero-order chi connectivity index (χ0) is 24.0. The maximum absolute atomic E-state index is 13.2. The number of nitrogens with zero attached hydrogens (tertiary/aromatic N) is 1. The predicted octanol–water partition coefficient (Wildman–Crippen LogP) is 5.30. The second-order valence-corrected chi connectivity index (χ2v) is 9.80. The smallest absolute Gasteiger partial charge is 0.261 e. The number of rotatable bonds is 7. The van der Waals surface area contributed by atoms with E-state index in [1.807, 2.05) is 30.3 Å². The fourth-order valence-electron chi connectivity index (χ4n) is 3.90. The van der Waals surface area contributed by atoms with Gasteiger partial charge in [-0.1, -0.05) is 31.0 Å². The summed E-state index contributed by atoms with van der Waals surface area (Å²) < 4.78 is 39.8. The lowest BCUT2D eigenvalue weighted by Gasteiger charge is -2.22. The second-order valence-electron chi connectivity index (χ2n) is 8.11. The Labute approximate surface area is 200 Å². The zero-order valence-electron chi connectivity index (χ0n) is 19.1. The quantitative estimate of drug-likeness (QED) is 0.496. The SMILES string of the molecule is COc1ccc(S(=O)(=O)Nc2ccc(Oc3ccccc3)cc2)cc1C(=O)N1CCCCCC1. The normalized spacial score (nSPS) is 14.2. The molecular formula is C26H28N2O5S. The summed E-state index contributed by atoms with van der Waals surface area (Å²) in [6.07, 6.45) is 4.07. The predicted molar refractivity (Wildman–Crippen MR) is 131 cm³/mol. The van der Waals surface area contributed by atoms with Gasteiger partial charge in [-0.15, -0.1) is 0 Å². The molecule has 0 aliphatic carbocycles. The molecule has 7 nitrogen and oxygen atoms in total. The van der Waals surface area contributed by atoms with Crippen molar-refractivity contribution < 1.29 is 22.7 Å². The topological polar surface area (TPSA) is 84.9 Å². The summed E-state index contributed by atoms with van der Waals surface area (Å²) in [5.41, 5.74) is 0.635. The molecule has 3 aromatic rings. The maximum Gasteiger partial charge on any atom is 0.261 e. The van der Waals surface area contributed by atoms with Crippen LogP contribution in [0, 0.1) is 0 Å². The van der Waals surface area contributed by atoms with Gasteiger partial charge in [0.2, 0.25) is 0 Å². The number of amides is 1. The van der Waals surface area contributed by atoms with Crippen LogP contribution in [0.25, 0.3) is 0 Å². The van der Waals surface area contributed by atoms with Crippen molar-refractivity contribution in [3.05, 3.63) is 78.4 Å². The standard InChI is InChI=1S/C26H28N2O5S/c1-32-25-16-15-23(19-24(25)26(29)28-17-7-2-3-8-18-28)34(30,31)27-20-11-13-22(14-12-20)33-21-9-5-4-6-10-21/h4-6,9-16,19,27H,2-3,7-8,17-18H2,1H3. The van der Waals surface area contributed by atoms with E-state index >= 15 is 0 Å². The van der Waals surface area contributed by atoms with Crippen LogP contribution in [-0.4, -0.2) is 39.4 Å². The minimum absolute atomic E-state index is 0.00363. The molecular weight excluding hydrogens is 452 g/mol. The van der Waals surface area contributed by atoms with Gasteiger partial charge in [0.25, 0.3) is 15.9 Å². The van der Waals surface area contributed by atoms with E-state index in [0.29, 0.717) is 36.0 Å². The van der Waals surface area contributed by atoms with E-state index in [1.165, 1.54) is 25.3 Å². The molecule has 8 heteroatoms. The molecule has 1 amide bonds. The third-order valence-corrected chi connectivity index (χ3v) is 7.07. The Morgan fingerprint density at radius 1 is 0.853 bits per heavy atom. The van der Waals surface area contributed by atoms with Crippen LogP contribution >= 0.6 is 0 Å². The first kappa shape index (κ1) is 23.6. The summed E-state index contributed by atoms with van der Waals surface area (Å²) in [7, 11) is -2.45. The van der Waals surface area contributed by atoms with Crippen molar-refractivity contribution in [1.29, 1.82) is 0 Å². The molecule has 178 valence electrons. The van der Waals surface area contributed by atoms with Gasteiger partial charge in [0.05, 0.1) is 17.6 Å². The van der Waals surface area contributed by atoms with Gasteiger partial charge < -0.3 is 14.4 Å². The van der Waals surface area contributed by atoms with Crippen molar-refractivity contribution in [3.8, 4) is 17.2 Å². The van der Waals surface area contributed by atoms with Crippen LogP contribution in [0.5, 0.6) is 17.2 Å². The zero-order valence-corrected chi connectivity index (χ0v) is 19.9. The molecule has 1 aliphatic rings. The Kier molecular flexibility index (Phi) is 7.37. The molecule has 1 saturated heterocycles. The number of benzene rings is 3. The van der Waals surface area contributed by atoms with Crippen molar-refractivity contribution in [2.24, 2.45) is 0 Å². The summed E-state index contributed by atoms with van der Waals surface area (Å²) in [4.78, 5) is 14.9. The van der Waals surface area contributed by atoms with E-state index in [9.17, 15) is 13.2 Å².